The minimum Gasteiger partial charge on any atom is -0.394 e. The lowest BCUT2D eigenvalue weighted by Gasteiger charge is -2.08. The zero-order valence-corrected chi connectivity index (χ0v) is 10.2. The maximum absolute atomic E-state index is 11.8. The van der Waals surface area contributed by atoms with Gasteiger partial charge in [0, 0.05) is 12.7 Å². The van der Waals surface area contributed by atoms with E-state index in [2.05, 4.69) is 15.7 Å². The minimum absolute atomic E-state index is 0.387. The fraction of sp³-hybridized carbons (Fsp3) is 0.0833. The van der Waals surface area contributed by atoms with Crippen LogP contribution in [0, 0.1) is 11.3 Å². The Balaban J connectivity index is 2.03. The first kappa shape index (κ1) is 12.4. The molecule has 7 nitrogen and oxygen atoms in total. The second kappa shape index (κ2) is 5.10. The molecule has 1 aromatic heterocycles. The van der Waals surface area contributed by atoms with E-state index in [1.54, 1.807) is 31.3 Å². The van der Waals surface area contributed by atoms with Crippen molar-refractivity contribution in [1.82, 2.24) is 9.78 Å². The van der Waals surface area contributed by atoms with Crippen LogP contribution in [-0.2, 0) is 7.05 Å². The highest BCUT2D eigenvalue weighted by molar-refractivity contribution is 6.00. The van der Waals surface area contributed by atoms with E-state index in [-0.39, 0.29) is 0 Å². The molecule has 4 N–H and O–H groups in total. The topological polar surface area (TPSA) is 109 Å². The van der Waals surface area contributed by atoms with Crippen LogP contribution in [-0.4, -0.2) is 15.8 Å². The van der Waals surface area contributed by atoms with Crippen molar-refractivity contribution in [2.45, 2.75) is 0 Å². The lowest BCUT2D eigenvalue weighted by atomic mass is 10.2. The molecule has 0 atom stereocenters. The molecular formula is C12H12N6O. The van der Waals surface area contributed by atoms with Crippen LogP contribution in [0.15, 0.2) is 30.5 Å². The van der Waals surface area contributed by atoms with E-state index in [9.17, 15) is 4.79 Å². The predicted octanol–water partition coefficient (Wildman–Crippen LogP) is 1.52. The van der Waals surface area contributed by atoms with Gasteiger partial charge in [0.2, 0.25) is 0 Å². The van der Waals surface area contributed by atoms with E-state index >= 15 is 0 Å². The van der Waals surface area contributed by atoms with Crippen LogP contribution in [0.5, 0.6) is 0 Å². The van der Waals surface area contributed by atoms with Crippen molar-refractivity contribution in [3.63, 3.8) is 0 Å². The summed E-state index contributed by atoms with van der Waals surface area (Å²) in [5, 5.41) is 17.8. The van der Waals surface area contributed by atoms with Gasteiger partial charge in [-0.05, 0) is 24.3 Å². The predicted molar refractivity (Wildman–Crippen MR) is 71.4 cm³/mol. The van der Waals surface area contributed by atoms with Crippen molar-refractivity contribution < 1.29 is 4.79 Å². The molecule has 2 aromatic rings. The molecule has 0 unspecified atom stereocenters. The summed E-state index contributed by atoms with van der Waals surface area (Å²) >= 11 is 0. The van der Waals surface area contributed by atoms with Gasteiger partial charge >= 0.3 is 6.03 Å². The smallest absolute Gasteiger partial charge is 0.324 e. The quantitative estimate of drug-likeness (QED) is 0.756. The maximum Gasteiger partial charge on any atom is 0.324 e. The van der Waals surface area contributed by atoms with Crippen molar-refractivity contribution in [2.24, 2.45) is 7.05 Å². The lowest BCUT2D eigenvalue weighted by molar-refractivity contribution is 0.262. The van der Waals surface area contributed by atoms with Gasteiger partial charge in [-0.1, -0.05) is 0 Å². The number of rotatable bonds is 2. The summed E-state index contributed by atoms with van der Waals surface area (Å²) in [6.45, 7) is 0. The highest BCUT2D eigenvalue weighted by Crippen LogP contribution is 2.16. The largest absolute Gasteiger partial charge is 0.394 e. The van der Waals surface area contributed by atoms with Gasteiger partial charge in [0.15, 0.2) is 5.82 Å². The SMILES string of the molecule is Cn1ncc(N)c1NC(=O)Nc1ccc(C#N)cc1. The number of aryl methyl sites for hydroxylation is 1. The van der Waals surface area contributed by atoms with Crippen LogP contribution in [0.3, 0.4) is 0 Å². The summed E-state index contributed by atoms with van der Waals surface area (Å²) in [7, 11) is 1.67. The second-order valence-electron chi connectivity index (χ2n) is 3.84. The summed E-state index contributed by atoms with van der Waals surface area (Å²) in [6.07, 6.45) is 1.46. The number of nitrogens with one attached hydrogen (secondary N) is 2. The Morgan fingerprint density at radius 2 is 2.05 bits per heavy atom. The van der Waals surface area contributed by atoms with Crippen LogP contribution < -0.4 is 16.4 Å². The molecule has 2 amide bonds. The zero-order chi connectivity index (χ0) is 13.8. The summed E-state index contributed by atoms with van der Waals surface area (Å²) in [5.41, 5.74) is 7.16. The fourth-order valence-corrected chi connectivity index (χ4v) is 1.51. The van der Waals surface area contributed by atoms with Crippen LogP contribution in [0.1, 0.15) is 5.56 Å². The number of amides is 2. The summed E-state index contributed by atoms with van der Waals surface area (Å²) < 4.78 is 1.47. The fourth-order valence-electron chi connectivity index (χ4n) is 1.51. The van der Waals surface area contributed by atoms with Gasteiger partial charge in [-0.15, -0.1) is 0 Å². The number of carbonyl (C=O) groups excluding carboxylic acids is 1. The molecule has 0 radical (unpaired) electrons. The van der Waals surface area contributed by atoms with Gasteiger partial charge in [-0.25, -0.2) is 4.79 Å². The van der Waals surface area contributed by atoms with Crippen LogP contribution >= 0.6 is 0 Å². The number of benzene rings is 1. The molecular weight excluding hydrogens is 244 g/mol. The van der Waals surface area contributed by atoms with E-state index in [0.29, 0.717) is 22.8 Å². The molecule has 96 valence electrons. The maximum atomic E-state index is 11.8. The van der Waals surface area contributed by atoms with Gasteiger partial charge in [0.25, 0.3) is 0 Å². The number of anilines is 3. The monoisotopic (exact) mass is 256 g/mol. The summed E-state index contributed by atoms with van der Waals surface area (Å²) in [5.74, 6) is 0.422. The van der Waals surface area contributed by atoms with Gasteiger partial charge in [-0.3, -0.25) is 10.00 Å². The molecule has 0 aliphatic carbocycles. The number of hydrogen-bond donors (Lipinski definition) is 3. The molecule has 0 bridgehead atoms. The first-order valence-electron chi connectivity index (χ1n) is 5.46. The molecule has 7 heteroatoms. The van der Waals surface area contributed by atoms with E-state index in [1.807, 2.05) is 6.07 Å². The Morgan fingerprint density at radius 3 is 2.58 bits per heavy atom. The van der Waals surface area contributed by atoms with Gasteiger partial charge in [0.1, 0.15) is 0 Å². The number of carbonyl (C=O) groups is 1. The number of nitrogens with two attached hydrogens (primary N) is 1. The second-order valence-corrected chi connectivity index (χ2v) is 3.84. The molecule has 0 fully saturated rings. The van der Waals surface area contributed by atoms with E-state index in [4.69, 9.17) is 11.0 Å². The van der Waals surface area contributed by atoms with Crippen LogP contribution in [0.25, 0.3) is 0 Å². The van der Waals surface area contributed by atoms with Crippen molar-refractivity contribution in [3.8, 4) is 6.07 Å². The van der Waals surface area contributed by atoms with E-state index in [1.165, 1.54) is 10.9 Å². The van der Waals surface area contributed by atoms with E-state index in [0.717, 1.165) is 0 Å². The average molecular weight is 256 g/mol. The molecule has 0 saturated carbocycles. The van der Waals surface area contributed by atoms with Crippen molar-refractivity contribution in [1.29, 1.82) is 5.26 Å². The normalized spacial score (nSPS) is 9.68. The third kappa shape index (κ3) is 2.81. The first-order valence-corrected chi connectivity index (χ1v) is 5.46. The highest BCUT2D eigenvalue weighted by atomic mass is 16.2. The standard InChI is InChI=1S/C12H12N6O/c1-18-11(10(14)7-15-18)17-12(19)16-9-4-2-8(6-13)3-5-9/h2-5,7H,14H2,1H3,(H2,16,17,19). The van der Waals surface area contributed by atoms with Gasteiger partial charge in [-0.2, -0.15) is 10.4 Å². The number of nitrogens with zero attached hydrogens (tertiary/aromatic N) is 3. The Labute approximate surface area is 109 Å². The summed E-state index contributed by atoms with van der Waals surface area (Å²) in [4.78, 5) is 11.8. The van der Waals surface area contributed by atoms with E-state index < -0.39 is 6.03 Å². The number of nitriles is 1. The number of aromatic nitrogens is 2. The molecule has 2 rings (SSSR count). The molecule has 19 heavy (non-hydrogen) atoms. The van der Waals surface area contributed by atoms with Crippen LogP contribution in [0.4, 0.5) is 22.0 Å². The van der Waals surface area contributed by atoms with Crippen molar-refractivity contribution in [2.75, 3.05) is 16.4 Å². The Bertz CT molecular complexity index is 618. The van der Waals surface area contributed by atoms with Crippen molar-refractivity contribution in [3.05, 3.63) is 36.0 Å². The number of urea groups is 1. The third-order valence-corrected chi connectivity index (χ3v) is 2.47. The Kier molecular flexibility index (Phi) is 3.34. The molecule has 0 aliphatic heterocycles. The summed E-state index contributed by atoms with van der Waals surface area (Å²) in [6, 6.07) is 8.10. The minimum atomic E-state index is -0.431. The number of nitrogen functional groups attached to an aromatic ring is 1. The lowest BCUT2D eigenvalue weighted by Crippen LogP contribution is -2.21. The van der Waals surface area contributed by atoms with Crippen LogP contribution in [0.2, 0.25) is 0 Å². The molecule has 0 aliphatic rings. The van der Waals surface area contributed by atoms with Gasteiger partial charge < -0.3 is 11.1 Å². The Morgan fingerprint density at radius 1 is 1.37 bits per heavy atom. The average Bonchev–Trinajstić information content (AvgIpc) is 2.71. The molecule has 0 spiro atoms. The highest BCUT2D eigenvalue weighted by Gasteiger charge is 2.09. The first-order chi connectivity index (χ1) is 9.10. The molecule has 1 aromatic carbocycles. The Hall–Kier alpha value is -3.01. The molecule has 0 saturated heterocycles. The zero-order valence-electron chi connectivity index (χ0n) is 10.2. The molecule has 1 heterocycles. The number of hydrogen-bond acceptors (Lipinski definition) is 4. The van der Waals surface area contributed by atoms with Gasteiger partial charge in [0.05, 0.1) is 23.5 Å². The van der Waals surface area contributed by atoms with Crippen molar-refractivity contribution >= 4 is 23.2 Å². The third-order valence-electron chi connectivity index (χ3n) is 2.47.